The van der Waals surface area contributed by atoms with Crippen molar-refractivity contribution in [2.45, 2.75) is 29.8 Å². The van der Waals surface area contributed by atoms with Gasteiger partial charge in [0.15, 0.2) is 5.78 Å². The number of carbonyl (C=O) groups is 3. The zero-order chi connectivity index (χ0) is 24.8. The topological polar surface area (TPSA) is 78.5 Å². The molecule has 2 saturated heterocycles. The Labute approximate surface area is 217 Å². The van der Waals surface area contributed by atoms with Gasteiger partial charge in [0.05, 0.1) is 10.9 Å². The molecular weight excluding hydrogens is 497 g/mol. The van der Waals surface area contributed by atoms with Crippen LogP contribution in [0.1, 0.15) is 34.3 Å². The van der Waals surface area contributed by atoms with Gasteiger partial charge in [-0.3, -0.25) is 19.3 Å². The van der Waals surface area contributed by atoms with Crippen LogP contribution in [0.4, 0.5) is 11.4 Å². The van der Waals surface area contributed by atoms with Gasteiger partial charge in [-0.2, -0.15) is 0 Å². The van der Waals surface area contributed by atoms with Gasteiger partial charge in [-0.1, -0.05) is 59.6 Å². The van der Waals surface area contributed by atoms with E-state index in [-0.39, 0.29) is 34.2 Å². The Morgan fingerprint density at radius 3 is 2.31 bits per heavy atom. The summed E-state index contributed by atoms with van der Waals surface area (Å²) in [5.74, 6) is -1.92. The van der Waals surface area contributed by atoms with Crippen LogP contribution in [0.15, 0.2) is 66.7 Å². The monoisotopic (exact) mass is 517 g/mol. The molecule has 3 aromatic carbocycles. The summed E-state index contributed by atoms with van der Waals surface area (Å²) >= 11 is 12.7. The van der Waals surface area contributed by atoms with Crippen molar-refractivity contribution in [3.63, 3.8) is 0 Å². The van der Waals surface area contributed by atoms with E-state index in [9.17, 15) is 14.4 Å². The molecule has 3 aromatic rings. The normalized spacial score (nSPS) is 29.8. The van der Waals surface area contributed by atoms with E-state index < -0.39 is 16.9 Å². The second-order valence-electron chi connectivity index (χ2n) is 9.91. The predicted octanol–water partition coefficient (Wildman–Crippen LogP) is 5.01. The third-order valence-electron chi connectivity index (χ3n) is 8.49. The first-order chi connectivity index (χ1) is 17.4. The number of halogens is 2. The summed E-state index contributed by atoms with van der Waals surface area (Å²) in [4.78, 5) is 45.2. The largest absolute Gasteiger partial charge is 0.325 e. The highest BCUT2D eigenvalue weighted by Gasteiger charge is 2.78. The molecule has 0 aliphatic carbocycles. The number of nitrogens with one attached hydrogen (secondary N) is 2. The average Bonchev–Trinajstić information content (AvgIpc) is 3.58. The van der Waals surface area contributed by atoms with Gasteiger partial charge in [-0.25, -0.2) is 0 Å². The first-order valence-corrected chi connectivity index (χ1v) is 12.7. The van der Waals surface area contributed by atoms with Crippen molar-refractivity contribution in [1.82, 2.24) is 4.90 Å². The number of nitrogens with zero attached hydrogens (tertiary/aromatic N) is 1. The van der Waals surface area contributed by atoms with Crippen LogP contribution in [0.25, 0.3) is 0 Å². The molecule has 0 unspecified atom stereocenters. The molecule has 4 atom stereocenters. The predicted molar refractivity (Wildman–Crippen MR) is 138 cm³/mol. The molecule has 7 rings (SSSR count). The Kier molecular flexibility index (Phi) is 4.54. The lowest BCUT2D eigenvalue weighted by atomic mass is 9.60. The molecule has 4 aliphatic rings. The van der Waals surface area contributed by atoms with Crippen LogP contribution in [-0.4, -0.2) is 35.1 Å². The first-order valence-electron chi connectivity index (χ1n) is 12.0. The lowest BCUT2D eigenvalue weighted by Crippen LogP contribution is -2.55. The minimum atomic E-state index is -1.35. The number of hydrogen-bond donors (Lipinski definition) is 2. The van der Waals surface area contributed by atoms with Crippen molar-refractivity contribution in [2.24, 2.45) is 5.92 Å². The minimum Gasteiger partial charge on any atom is -0.325 e. The van der Waals surface area contributed by atoms with E-state index >= 15 is 0 Å². The van der Waals surface area contributed by atoms with E-state index in [4.69, 9.17) is 23.2 Å². The number of ketones is 1. The summed E-state index contributed by atoms with van der Waals surface area (Å²) in [7, 11) is 0. The molecule has 36 heavy (non-hydrogen) atoms. The SMILES string of the molecule is O=C(c1ccc(Cl)cc1Cl)[C@H]1[C@@]2(C(=O)Nc3ccccc32)[C@H]2CCCN2[C@@]12C(=O)Nc1ccccc12. The molecule has 4 heterocycles. The van der Waals surface area contributed by atoms with Crippen molar-refractivity contribution in [2.75, 3.05) is 17.2 Å². The smallest absolute Gasteiger partial charge is 0.250 e. The van der Waals surface area contributed by atoms with Crippen molar-refractivity contribution >= 4 is 52.2 Å². The molecule has 2 amide bonds. The number of benzene rings is 3. The zero-order valence-electron chi connectivity index (χ0n) is 19.1. The van der Waals surface area contributed by atoms with Crippen LogP contribution < -0.4 is 10.6 Å². The maximum atomic E-state index is 14.7. The van der Waals surface area contributed by atoms with Gasteiger partial charge in [-0.15, -0.1) is 0 Å². The molecule has 180 valence electrons. The molecule has 2 fully saturated rings. The number of carbonyl (C=O) groups excluding carboxylic acids is 3. The summed E-state index contributed by atoms with van der Waals surface area (Å²) in [5, 5.41) is 6.67. The molecule has 6 nitrogen and oxygen atoms in total. The number of rotatable bonds is 2. The van der Waals surface area contributed by atoms with Gasteiger partial charge >= 0.3 is 0 Å². The number of fused-ring (bicyclic) bond motifs is 7. The van der Waals surface area contributed by atoms with Gasteiger partial charge in [0, 0.05) is 33.6 Å². The molecule has 0 radical (unpaired) electrons. The van der Waals surface area contributed by atoms with Crippen LogP contribution in [0.3, 0.4) is 0 Å². The second-order valence-corrected chi connectivity index (χ2v) is 10.8. The molecule has 8 heteroatoms. The fraction of sp³-hybridized carbons (Fsp3) is 0.250. The average molecular weight is 518 g/mol. The zero-order valence-corrected chi connectivity index (χ0v) is 20.6. The Hall–Kier alpha value is -3.19. The number of anilines is 2. The summed E-state index contributed by atoms with van der Waals surface area (Å²) in [6, 6.07) is 19.4. The van der Waals surface area contributed by atoms with Crippen molar-refractivity contribution in [1.29, 1.82) is 0 Å². The van der Waals surface area contributed by atoms with E-state index in [2.05, 4.69) is 15.5 Å². The summed E-state index contributed by atoms with van der Waals surface area (Å²) in [6.07, 6.45) is 1.51. The molecule has 0 aromatic heterocycles. The highest BCUT2D eigenvalue weighted by atomic mass is 35.5. The standard InChI is InChI=1S/C28H21Cl2N3O3/c29-15-11-12-16(19(30)14-15)23(34)24-27(17-6-1-3-8-20(17)31-25(27)35)22-10-5-13-33(22)28(24)18-7-2-4-9-21(18)32-26(28)36/h1-4,6-9,11-12,14,22,24H,5,10,13H2,(H,31,35)(H,32,36)/t22-,24+,27+,28-/m1/s1. The summed E-state index contributed by atoms with van der Waals surface area (Å²) in [5.41, 5.74) is 0.452. The lowest BCUT2D eigenvalue weighted by Gasteiger charge is -2.38. The minimum absolute atomic E-state index is 0.197. The molecule has 4 aliphatic heterocycles. The Morgan fingerprint density at radius 2 is 1.56 bits per heavy atom. The highest BCUT2D eigenvalue weighted by Crippen LogP contribution is 2.66. The Bertz CT molecular complexity index is 1430. The maximum Gasteiger partial charge on any atom is 0.250 e. The lowest BCUT2D eigenvalue weighted by molar-refractivity contribution is -0.128. The van der Waals surface area contributed by atoms with Gasteiger partial charge in [-0.05, 0) is 55.3 Å². The fourth-order valence-corrected chi connectivity index (χ4v) is 7.85. The number of para-hydroxylation sites is 2. The summed E-state index contributed by atoms with van der Waals surface area (Å²) in [6.45, 7) is 0.599. The van der Waals surface area contributed by atoms with Crippen molar-refractivity contribution in [3.05, 3.63) is 93.5 Å². The number of hydrogen-bond acceptors (Lipinski definition) is 4. The van der Waals surface area contributed by atoms with Gasteiger partial charge in [0.25, 0.3) is 0 Å². The van der Waals surface area contributed by atoms with Crippen LogP contribution in [0.5, 0.6) is 0 Å². The van der Waals surface area contributed by atoms with Crippen molar-refractivity contribution < 1.29 is 14.4 Å². The van der Waals surface area contributed by atoms with E-state index in [1.165, 1.54) is 6.07 Å². The van der Waals surface area contributed by atoms with Crippen LogP contribution in [-0.2, 0) is 20.5 Å². The Morgan fingerprint density at radius 1 is 0.889 bits per heavy atom. The van der Waals surface area contributed by atoms with Crippen LogP contribution in [0, 0.1) is 5.92 Å². The van der Waals surface area contributed by atoms with Crippen LogP contribution >= 0.6 is 23.2 Å². The highest BCUT2D eigenvalue weighted by molar-refractivity contribution is 6.37. The number of Topliss-reactive ketones (excluding diaryl/α,β-unsaturated/α-hetero) is 1. The molecule has 0 saturated carbocycles. The first kappa shape index (κ1) is 22.0. The van der Waals surface area contributed by atoms with Gasteiger partial charge in [0.1, 0.15) is 11.0 Å². The molecule has 0 bridgehead atoms. The van der Waals surface area contributed by atoms with E-state index in [1.807, 2.05) is 48.5 Å². The third kappa shape index (κ3) is 2.45. The number of amides is 2. The van der Waals surface area contributed by atoms with Gasteiger partial charge < -0.3 is 10.6 Å². The van der Waals surface area contributed by atoms with E-state index in [0.717, 1.165) is 17.5 Å². The molecule has 2 N–H and O–H groups in total. The third-order valence-corrected chi connectivity index (χ3v) is 9.04. The van der Waals surface area contributed by atoms with Crippen molar-refractivity contribution in [3.8, 4) is 0 Å². The van der Waals surface area contributed by atoms with Gasteiger partial charge in [0.2, 0.25) is 11.8 Å². The fourth-order valence-electron chi connectivity index (χ4n) is 7.35. The van der Waals surface area contributed by atoms with E-state index in [1.54, 1.807) is 12.1 Å². The summed E-state index contributed by atoms with van der Waals surface area (Å²) < 4.78 is 0. The quantitative estimate of drug-likeness (QED) is 0.468. The molecular formula is C28H21Cl2N3O3. The maximum absolute atomic E-state index is 14.7. The Balaban J connectivity index is 1.59. The second kappa shape index (κ2) is 7.42. The van der Waals surface area contributed by atoms with E-state index in [0.29, 0.717) is 29.4 Å². The van der Waals surface area contributed by atoms with Crippen LogP contribution in [0.2, 0.25) is 10.0 Å². The molecule has 2 spiro atoms.